The van der Waals surface area contributed by atoms with Gasteiger partial charge in [-0.1, -0.05) is 0 Å². The van der Waals surface area contributed by atoms with Crippen molar-refractivity contribution in [3.05, 3.63) is 34.3 Å². The Bertz CT molecular complexity index is 633. The van der Waals surface area contributed by atoms with Crippen LogP contribution in [0.4, 0.5) is 5.69 Å². The molecule has 0 spiro atoms. The van der Waals surface area contributed by atoms with Crippen LogP contribution in [0.5, 0.6) is 0 Å². The average molecular weight is 288 g/mol. The second kappa shape index (κ2) is 5.19. The normalized spacial score (nSPS) is 17.9. The molecule has 4 heteroatoms. The van der Waals surface area contributed by atoms with Gasteiger partial charge in [0, 0.05) is 25.3 Å². The van der Waals surface area contributed by atoms with Gasteiger partial charge >= 0.3 is 0 Å². The molecule has 1 atom stereocenters. The Morgan fingerprint density at radius 1 is 1.35 bits per heavy atom. The van der Waals surface area contributed by atoms with E-state index in [1.807, 2.05) is 14.1 Å². The first kappa shape index (κ1) is 13.6. The van der Waals surface area contributed by atoms with Gasteiger partial charge < -0.3 is 10.0 Å². The highest BCUT2D eigenvalue weighted by molar-refractivity contribution is 7.15. The van der Waals surface area contributed by atoms with Gasteiger partial charge in [-0.15, -0.1) is 11.3 Å². The molecule has 0 fully saturated rings. The third-order valence-corrected chi connectivity index (χ3v) is 5.11. The number of fused-ring (bicyclic) bond motifs is 1. The molecule has 0 saturated carbocycles. The van der Waals surface area contributed by atoms with Crippen molar-refractivity contribution in [3.8, 4) is 10.6 Å². The van der Waals surface area contributed by atoms with Gasteiger partial charge in [-0.2, -0.15) is 0 Å². The Balaban J connectivity index is 2.01. The third kappa shape index (κ3) is 2.34. The van der Waals surface area contributed by atoms with Crippen LogP contribution in [0.15, 0.2) is 18.2 Å². The Kier molecular flexibility index (Phi) is 3.52. The molecule has 1 aliphatic rings. The van der Waals surface area contributed by atoms with Crippen LogP contribution in [0.3, 0.4) is 0 Å². The minimum atomic E-state index is -0.314. The number of rotatable bonds is 2. The first-order chi connectivity index (χ1) is 9.56. The zero-order valence-electron chi connectivity index (χ0n) is 12.2. The first-order valence-electron chi connectivity index (χ1n) is 7.02. The van der Waals surface area contributed by atoms with Gasteiger partial charge in [0.05, 0.1) is 16.7 Å². The number of hydrogen-bond donors (Lipinski definition) is 1. The highest BCUT2D eigenvalue weighted by atomic mass is 32.1. The number of nitrogens with zero attached hydrogens (tertiary/aromatic N) is 2. The molecule has 0 radical (unpaired) electrons. The summed E-state index contributed by atoms with van der Waals surface area (Å²) in [7, 11) is 4.10. The standard InChI is InChI=1S/C16H20N2OS/c1-10-9-11(18(2)3)7-8-12(10)16-17-13-5-4-6-14(19)15(13)20-16/h7-9,14,19H,4-6H2,1-3H3/t14-/m0/s1. The number of aryl methyl sites for hydroxylation is 2. The summed E-state index contributed by atoms with van der Waals surface area (Å²) >= 11 is 1.65. The lowest BCUT2D eigenvalue weighted by Gasteiger charge is -2.14. The molecule has 0 unspecified atom stereocenters. The molecule has 3 rings (SSSR count). The molecule has 0 saturated heterocycles. The number of aliphatic hydroxyl groups is 1. The van der Waals surface area contributed by atoms with Gasteiger partial charge in [0.25, 0.3) is 0 Å². The molecule has 1 heterocycles. The van der Waals surface area contributed by atoms with Gasteiger partial charge in [-0.05, 0) is 49.9 Å². The highest BCUT2D eigenvalue weighted by Crippen LogP contribution is 2.39. The van der Waals surface area contributed by atoms with E-state index in [0.29, 0.717) is 0 Å². The molecule has 20 heavy (non-hydrogen) atoms. The number of thiazole rings is 1. The molecule has 0 aliphatic heterocycles. The molecule has 3 nitrogen and oxygen atoms in total. The fourth-order valence-electron chi connectivity index (χ4n) is 2.68. The van der Waals surface area contributed by atoms with Gasteiger partial charge in [-0.25, -0.2) is 4.98 Å². The molecule has 0 bridgehead atoms. The number of aromatic nitrogens is 1. The molecule has 2 aromatic rings. The summed E-state index contributed by atoms with van der Waals surface area (Å²) in [6, 6.07) is 6.45. The monoisotopic (exact) mass is 288 g/mol. The van der Waals surface area contributed by atoms with Crippen molar-refractivity contribution >= 4 is 17.0 Å². The van der Waals surface area contributed by atoms with E-state index >= 15 is 0 Å². The maximum Gasteiger partial charge on any atom is 0.124 e. The van der Waals surface area contributed by atoms with E-state index in [-0.39, 0.29) is 6.10 Å². The summed E-state index contributed by atoms with van der Waals surface area (Å²) in [6.07, 6.45) is 2.59. The summed E-state index contributed by atoms with van der Waals surface area (Å²) in [4.78, 5) is 7.93. The summed E-state index contributed by atoms with van der Waals surface area (Å²) in [5.41, 5.74) is 4.71. The number of hydrogen-bond acceptors (Lipinski definition) is 4. The van der Waals surface area contributed by atoms with Crippen molar-refractivity contribution in [2.24, 2.45) is 0 Å². The fraction of sp³-hybridized carbons (Fsp3) is 0.438. The van der Waals surface area contributed by atoms with Crippen LogP contribution >= 0.6 is 11.3 Å². The van der Waals surface area contributed by atoms with Crippen molar-refractivity contribution in [1.29, 1.82) is 0 Å². The lowest BCUT2D eigenvalue weighted by Crippen LogP contribution is -2.08. The third-order valence-electron chi connectivity index (χ3n) is 3.88. The molecule has 0 amide bonds. The van der Waals surface area contributed by atoms with E-state index in [4.69, 9.17) is 4.98 Å². The molecular formula is C16H20N2OS. The zero-order valence-corrected chi connectivity index (χ0v) is 13.0. The Hall–Kier alpha value is -1.39. The van der Waals surface area contributed by atoms with Gasteiger partial charge in [0.1, 0.15) is 5.01 Å². The minimum absolute atomic E-state index is 0.314. The average Bonchev–Trinajstić information content (AvgIpc) is 2.83. The van der Waals surface area contributed by atoms with Gasteiger partial charge in [-0.3, -0.25) is 0 Å². The van der Waals surface area contributed by atoms with Crippen molar-refractivity contribution in [2.75, 3.05) is 19.0 Å². The molecule has 1 aromatic heterocycles. The smallest absolute Gasteiger partial charge is 0.124 e. The van der Waals surface area contributed by atoms with Crippen LogP contribution in [0.1, 0.15) is 35.1 Å². The predicted molar refractivity (Wildman–Crippen MR) is 84.5 cm³/mol. The Morgan fingerprint density at radius 3 is 2.80 bits per heavy atom. The predicted octanol–water partition coefficient (Wildman–Crippen LogP) is 3.55. The van der Waals surface area contributed by atoms with Crippen molar-refractivity contribution in [3.63, 3.8) is 0 Å². The van der Waals surface area contributed by atoms with E-state index in [1.165, 1.54) is 16.8 Å². The van der Waals surface area contributed by atoms with E-state index in [2.05, 4.69) is 30.0 Å². The lowest BCUT2D eigenvalue weighted by atomic mass is 10.0. The fourth-order valence-corrected chi connectivity index (χ4v) is 3.90. The van der Waals surface area contributed by atoms with Crippen molar-refractivity contribution < 1.29 is 5.11 Å². The number of aliphatic hydroxyl groups excluding tert-OH is 1. The lowest BCUT2D eigenvalue weighted by molar-refractivity contribution is 0.160. The number of benzene rings is 1. The molecule has 1 N–H and O–H groups in total. The summed E-state index contributed by atoms with van der Waals surface area (Å²) in [6.45, 7) is 2.12. The zero-order chi connectivity index (χ0) is 14.3. The van der Waals surface area contributed by atoms with E-state index < -0.39 is 0 Å². The maximum atomic E-state index is 10.1. The largest absolute Gasteiger partial charge is 0.388 e. The quantitative estimate of drug-likeness (QED) is 0.918. The van der Waals surface area contributed by atoms with Gasteiger partial charge in [0.15, 0.2) is 0 Å². The maximum absolute atomic E-state index is 10.1. The van der Waals surface area contributed by atoms with Crippen LogP contribution < -0.4 is 4.90 Å². The van der Waals surface area contributed by atoms with E-state index in [1.54, 1.807) is 11.3 Å². The summed E-state index contributed by atoms with van der Waals surface area (Å²) in [5.74, 6) is 0. The second-order valence-corrected chi connectivity index (χ2v) is 6.66. The van der Waals surface area contributed by atoms with Crippen LogP contribution in [0, 0.1) is 6.92 Å². The SMILES string of the molecule is Cc1cc(N(C)C)ccc1-c1nc2c(s1)[C@@H](O)CCC2. The number of anilines is 1. The molecule has 1 aromatic carbocycles. The van der Waals surface area contributed by atoms with Crippen LogP contribution in [-0.4, -0.2) is 24.2 Å². The Labute approximate surface area is 123 Å². The van der Waals surface area contributed by atoms with Crippen LogP contribution in [0.25, 0.3) is 10.6 Å². The summed E-state index contributed by atoms with van der Waals surface area (Å²) < 4.78 is 0. The van der Waals surface area contributed by atoms with Crippen molar-refractivity contribution in [1.82, 2.24) is 4.98 Å². The van der Waals surface area contributed by atoms with E-state index in [9.17, 15) is 5.11 Å². The van der Waals surface area contributed by atoms with E-state index in [0.717, 1.165) is 34.8 Å². The topological polar surface area (TPSA) is 36.4 Å². The molecule has 1 aliphatic carbocycles. The van der Waals surface area contributed by atoms with Gasteiger partial charge in [0.2, 0.25) is 0 Å². The highest BCUT2D eigenvalue weighted by Gasteiger charge is 2.23. The minimum Gasteiger partial charge on any atom is -0.388 e. The Morgan fingerprint density at radius 2 is 2.15 bits per heavy atom. The first-order valence-corrected chi connectivity index (χ1v) is 7.84. The second-order valence-electron chi connectivity index (χ2n) is 5.63. The van der Waals surface area contributed by atoms with Crippen molar-refractivity contribution in [2.45, 2.75) is 32.3 Å². The summed E-state index contributed by atoms with van der Waals surface area (Å²) in [5, 5.41) is 11.1. The van der Waals surface area contributed by atoms with Crippen LogP contribution in [0.2, 0.25) is 0 Å². The molecule has 106 valence electrons. The molecular weight excluding hydrogens is 268 g/mol. The van der Waals surface area contributed by atoms with Crippen LogP contribution in [-0.2, 0) is 6.42 Å².